The molecule has 0 saturated heterocycles. The van der Waals surface area contributed by atoms with E-state index in [1.807, 2.05) is 30.7 Å². The summed E-state index contributed by atoms with van der Waals surface area (Å²) in [5.41, 5.74) is 7.10. The number of aromatic nitrogens is 5. The van der Waals surface area contributed by atoms with E-state index in [-0.39, 0.29) is 0 Å². The average molecular weight is 367 g/mol. The van der Waals surface area contributed by atoms with Crippen molar-refractivity contribution in [2.45, 2.75) is 6.92 Å². The molecule has 6 nitrogen and oxygen atoms in total. The first-order valence-corrected chi connectivity index (χ1v) is 8.92. The van der Waals surface area contributed by atoms with Crippen LogP contribution in [0.3, 0.4) is 0 Å². The van der Waals surface area contributed by atoms with Gasteiger partial charge in [-0.1, -0.05) is 6.07 Å². The number of benzene rings is 1. The Bertz CT molecular complexity index is 1330. The van der Waals surface area contributed by atoms with Gasteiger partial charge >= 0.3 is 0 Å². The van der Waals surface area contributed by atoms with Crippen molar-refractivity contribution >= 4 is 21.9 Å². The number of aryl methyl sites for hydroxylation is 1. The van der Waals surface area contributed by atoms with Crippen LogP contribution in [-0.4, -0.2) is 32.0 Å². The molecule has 28 heavy (non-hydrogen) atoms. The lowest BCUT2D eigenvalue weighted by atomic mass is 10.0. The van der Waals surface area contributed by atoms with Gasteiger partial charge in [-0.25, -0.2) is 15.0 Å². The molecule has 0 radical (unpaired) electrons. The molecule has 1 N–H and O–H groups in total. The predicted octanol–water partition coefficient (Wildman–Crippen LogP) is 4.55. The molecule has 0 amide bonds. The average Bonchev–Trinajstić information content (AvgIpc) is 3.16. The maximum atomic E-state index is 5.40. The Morgan fingerprint density at radius 3 is 2.64 bits per heavy atom. The van der Waals surface area contributed by atoms with Crippen molar-refractivity contribution in [3.05, 3.63) is 67.0 Å². The zero-order valence-corrected chi connectivity index (χ0v) is 15.5. The molecular formula is C22H17N5O. The van der Waals surface area contributed by atoms with Crippen molar-refractivity contribution < 1.29 is 4.74 Å². The summed E-state index contributed by atoms with van der Waals surface area (Å²) in [5.74, 6) is 0.566. The van der Waals surface area contributed by atoms with Crippen LogP contribution in [0.5, 0.6) is 5.88 Å². The first-order valence-electron chi connectivity index (χ1n) is 8.92. The number of nitrogens with zero attached hydrogens (tertiary/aromatic N) is 4. The molecule has 0 atom stereocenters. The number of H-pyrrole nitrogens is 1. The van der Waals surface area contributed by atoms with E-state index in [2.05, 4.69) is 50.0 Å². The summed E-state index contributed by atoms with van der Waals surface area (Å²) in [6.07, 6.45) is 9.05. The second-order valence-corrected chi connectivity index (χ2v) is 6.63. The lowest BCUT2D eigenvalue weighted by molar-refractivity contribution is 0.402. The molecule has 0 bridgehead atoms. The van der Waals surface area contributed by atoms with E-state index >= 15 is 0 Å². The smallest absolute Gasteiger partial charge is 0.224 e. The normalized spacial score (nSPS) is 11.2. The summed E-state index contributed by atoms with van der Waals surface area (Å²) in [4.78, 5) is 20.7. The minimum Gasteiger partial charge on any atom is -0.480 e. The van der Waals surface area contributed by atoms with Gasteiger partial charge in [0.1, 0.15) is 12.0 Å². The Balaban J connectivity index is 1.70. The zero-order chi connectivity index (χ0) is 19.1. The lowest BCUT2D eigenvalue weighted by Gasteiger charge is -2.07. The van der Waals surface area contributed by atoms with Crippen LogP contribution >= 0.6 is 0 Å². The minimum absolute atomic E-state index is 0.566. The SMILES string of the molecule is COc1ncnc2ccc(-c3c[nH]c4ncc(-c5cnccc5C)cc34)cc12. The van der Waals surface area contributed by atoms with Gasteiger partial charge in [-0.2, -0.15) is 0 Å². The van der Waals surface area contributed by atoms with Gasteiger partial charge in [0.15, 0.2) is 0 Å². The first-order chi connectivity index (χ1) is 13.7. The molecule has 0 saturated carbocycles. The molecule has 136 valence electrons. The number of pyridine rings is 2. The summed E-state index contributed by atoms with van der Waals surface area (Å²) in [6, 6.07) is 10.3. The number of nitrogens with one attached hydrogen (secondary N) is 1. The van der Waals surface area contributed by atoms with E-state index < -0.39 is 0 Å². The lowest BCUT2D eigenvalue weighted by Crippen LogP contribution is -1.91. The third-order valence-electron chi connectivity index (χ3n) is 4.98. The van der Waals surface area contributed by atoms with Crippen molar-refractivity contribution in [1.29, 1.82) is 0 Å². The molecule has 4 heterocycles. The highest BCUT2D eigenvalue weighted by Gasteiger charge is 2.12. The molecule has 0 aliphatic heterocycles. The molecule has 0 spiro atoms. The fraction of sp³-hybridized carbons (Fsp3) is 0.0909. The number of fused-ring (bicyclic) bond motifs is 2. The molecule has 6 heteroatoms. The van der Waals surface area contributed by atoms with E-state index in [0.717, 1.165) is 44.2 Å². The monoisotopic (exact) mass is 367 g/mol. The van der Waals surface area contributed by atoms with E-state index in [4.69, 9.17) is 4.74 Å². The summed E-state index contributed by atoms with van der Waals surface area (Å²) in [5, 5.41) is 1.93. The van der Waals surface area contributed by atoms with Gasteiger partial charge < -0.3 is 9.72 Å². The molecule has 0 aliphatic carbocycles. The number of hydrogen-bond donors (Lipinski definition) is 1. The highest BCUT2D eigenvalue weighted by Crippen LogP contribution is 2.34. The molecule has 0 aliphatic rings. The number of hydrogen-bond acceptors (Lipinski definition) is 5. The Kier molecular flexibility index (Phi) is 3.76. The quantitative estimate of drug-likeness (QED) is 0.506. The fourth-order valence-corrected chi connectivity index (χ4v) is 3.52. The van der Waals surface area contributed by atoms with E-state index in [1.54, 1.807) is 13.3 Å². The van der Waals surface area contributed by atoms with Crippen LogP contribution in [0, 0.1) is 6.92 Å². The van der Waals surface area contributed by atoms with Crippen LogP contribution in [0.15, 0.2) is 61.4 Å². The number of ether oxygens (including phenoxy) is 1. The van der Waals surface area contributed by atoms with E-state index in [0.29, 0.717) is 5.88 Å². The summed E-state index contributed by atoms with van der Waals surface area (Å²) in [7, 11) is 1.62. The van der Waals surface area contributed by atoms with Crippen LogP contribution in [-0.2, 0) is 0 Å². The van der Waals surface area contributed by atoms with Gasteiger partial charge in [-0.05, 0) is 42.3 Å². The molecule has 0 unspecified atom stereocenters. The van der Waals surface area contributed by atoms with Crippen molar-refractivity contribution in [3.63, 3.8) is 0 Å². The second kappa shape index (κ2) is 6.42. The van der Waals surface area contributed by atoms with Crippen LogP contribution in [0.4, 0.5) is 0 Å². The van der Waals surface area contributed by atoms with Gasteiger partial charge in [0.25, 0.3) is 0 Å². The van der Waals surface area contributed by atoms with Crippen molar-refractivity contribution in [2.75, 3.05) is 7.11 Å². The van der Waals surface area contributed by atoms with Crippen molar-refractivity contribution in [1.82, 2.24) is 24.9 Å². The Morgan fingerprint density at radius 1 is 0.893 bits per heavy atom. The Hall–Kier alpha value is -3.80. The Labute approximate surface area is 161 Å². The van der Waals surface area contributed by atoms with Gasteiger partial charge in [0.05, 0.1) is 18.0 Å². The minimum atomic E-state index is 0.566. The number of methoxy groups -OCH3 is 1. The van der Waals surface area contributed by atoms with Gasteiger partial charge in [0.2, 0.25) is 5.88 Å². The number of rotatable bonds is 3. The van der Waals surface area contributed by atoms with Crippen LogP contribution in [0.1, 0.15) is 5.56 Å². The highest BCUT2D eigenvalue weighted by molar-refractivity contribution is 5.98. The summed E-state index contributed by atoms with van der Waals surface area (Å²) in [6.45, 7) is 2.08. The maximum absolute atomic E-state index is 5.40. The third kappa shape index (κ3) is 2.58. The van der Waals surface area contributed by atoms with E-state index in [9.17, 15) is 0 Å². The van der Waals surface area contributed by atoms with Gasteiger partial charge in [-0.15, -0.1) is 0 Å². The maximum Gasteiger partial charge on any atom is 0.224 e. The molecular weight excluding hydrogens is 350 g/mol. The highest BCUT2D eigenvalue weighted by atomic mass is 16.5. The third-order valence-corrected chi connectivity index (χ3v) is 4.98. The van der Waals surface area contributed by atoms with Gasteiger partial charge in [0, 0.05) is 46.9 Å². The summed E-state index contributed by atoms with van der Waals surface area (Å²) >= 11 is 0. The first kappa shape index (κ1) is 16.4. The topological polar surface area (TPSA) is 76.6 Å². The molecule has 5 aromatic rings. The van der Waals surface area contributed by atoms with Crippen LogP contribution in [0.2, 0.25) is 0 Å². The molecule has 0 fully saturated rings. The van der Waals surface area contributed by atoms with Crippen LogP contribution in [0.25, 0.3) is 44.2 Å². The molecule has 5 rings (SSSR count). The standard InChI is InChI=1S/C22H17N5O/c1-13-5-6-23-10-18(13)15-8-16-19(11-25-21(16)24-9-15)14-3-4-20-17(7-14)22(28-2)27-12-26-20/h3-12H,1-2H3,(H,24,25). The fourth-order valence-electron chi connectivity index (χ4n) is 3.52. The largest absolute Gasteiger partial charge is 0.480 e. The number of aromatic amines is 1. The molecule has 1 aromatic carbocycles. The van der Waals surface area contributed by atoms with Crippen molar-refractivity contribution in [2.24, 2.45) is 0 Å². The summed E-state index contributed by atoms with van der Waals surface area (Å²) < 4.78 is 5.40. The Morgan fingerprint density at radius 2 is 1.79 bits per heavy atom. The predicted molar refractivity (Wildman–Crippen MR) is 109 cm³/mol. The van der Waals surface area contributed by atoms with E-state index in [1.165, 1.54) is 11.9 Å². The van der Waals surface area contributed by atoms with Crippen molar-refractivity contribution in [3.8, 4) is 28.1 Å². The van der Waals surface area contributed by atoms with Crippen LogP contribution < -0.4 is 4.74 Å². The molecule has 4 aromatic heterocycles. The second-order valence-electron chi connectivity index (χ2n) is 6.63. The van der Waals surface area contributed by atoms with Gasteiger partial charge in [-0.3, -0.25) is 4.98 Å². The zero-order valence-electron chi connectivity index (χ0n) is 15.5.